The molecule has 3 aromatic carbocycles. The number of carbonyl (C=O) groups is 2. The average molecular weight is 647 g/mol. The average Bonchev–Trinajstić information content (AvgIpc) is 3.37. The summed E-state index contributed by atoms with van der Waals surface area (Å²) in [6.45, 7) is 4.15. The van der Waals surface area contributed by atoms with Crippen molar-refractivity contribution in [2.45, 2.75) is 32.9 Å². The minimum Gasteiger partial charge on any atom is -0.493 e. The molecule has 0 N–H and O–H groups in total. The Morgan fingerprint density at radius 3 is 2.40 bits per heavy atom. The number of thiazole rings is 1. The maximum atomic E-state index is 13.9. The van der Waals surface area contributed by atoms with Crippen LogP contribution in [0, 0.1) is 0 Å². The molecule has 4 aromatic rings. The first-order valence-electron chi connectivity index (χ1n) is 14.2. The highest BCUT2D eigenvalue weighted by atomic mass is 35.5. The summed E-state index contributed by atoms with van der Waals surface area (Å²) in [5, 5.41) is 0.292. The van der Waals surface area contributed by atoms with E-state index >= 15 is 0 Å². The molecule has 5 rings (SSSR count). The molecule has 11 heteroatoms. The number of ether oxygens (including phenoxy) is 4. The molecule has 0 amide bonds. The van der Waals surface area contributed by atoms with Crippen molar-refractivity contribution in [3.63, 3.8) is 0 Å². The molecule has 0 saturated carbocycles. The molecule has 45 heavy (non-hydrogen) atoms. The SMILES string of the molecule is CCOC(=O)c1ccc(COc2c(Cl)cc(/C=c3/sc4n(c3=O)[C@H](c3ccccc3)C(C(=O)OC)=C(CC)N=4)cc2OC)cc1. The Morgan fingerprint density at radius 1 is 1.02 bits per heavy atom. The predicted octanol–water partition coefficient (Wildman–Crippen LogP) is 5.22. The van der Waals surface area contributed by atoms with Gasteiger partial charge in [0.1, 0.15) is 6.61 Å². The second-order valence-electron chi connectivity index (χ2n) is 9.94. The molecule has 0 spiro atoms. The lowest BCUT2D eigenvalue weighted by molar-refractivity contribution is -0.136. The van der Waals surface area contributed by atoms with Crippen molar-refractivity contribution in [2.24, 2.45) is 4.99 Å². The van der Waals surface area contributed by atoms with Gasteiger partial charge in [0.25, 0.3) is 5.56 Å². The van der Waals surface area contributed by atoms with Crippen molar-refractivity contribution < 1.29 is 28.5 Å². The Bertz CT molecular complexity index is 1950. The van der Waals surface area contributed by atoms with Crippen molar-refractivity contribution in [1.82, 2.24) is 4.57 Å². The summed E-state index contributed by atoms with van der Waals surface area (Å²) >= 11 is 7.88. The van der Waals surface area contributed by atoms with Gasteiger partial charge in [-0.3, -0.25) is 9.36 Å². The molecule has 1 aliphatic rings. The van der Waals surface area contributed by atoms with Crippen LogP contribution in [0.15, 0.2) is 87.8 Å². The highest BCUT2D eigenvalue weighted by Crippen LogP contribution is 2.37. The number of carbonyl (C=O) groups excluding carboxylic acids is 2. The molecule has 0 fully saturated rings. The Kier molecular flexibility index (Phi) is 9.85. The summed E-state index contributed by atoms with van der Waals surface area (Å²) in [5.41, 5.74) is 3.27. The van der Waals surface area contributed by atoms with Crippen LogP contribution >= 0.6 is 22.9 Å². The third-order valence-corrected chi connectivity index (χ3v) is 8.43. The molecule has 0 bridgehead atoms. The number of nitrogens with zero attached hydrogens (tertiary/aromatic N) is 2. The van der Waals surface area contributed by atoms with Crippen LogP contribution in [0.25, 0.3) is 6.08 Å². The summed E-state index contributed by atoms with van der Waals surface area (Å²) in [6.07, 6.45) is 2.20. The number of halogens is 1. The second-order valence-corrected chi connectivity index (χ2v) is 11.4. The maximum absolute atomic E-state index is 13.9. The van der Waals surface area contributed by atoms with Crippen LogP contribution in [0.3, 0.4) is 0 Å². The van der Waals surface area contributed by atoms with E-state index in [1.165, 1.54) is 25.6 Å². The highest BCUT2D eigenvalue weighted by Gasteiger charge is 2.33. The Hall–Kier alpha value is -4.67. The predicted molar refractivity (Wildman–Crippen MR) is 172 cm³/mol. The molecule has 0 unspecified atom stereocenters. The quantitative estimate of drug-likeness (QED) is 0.218. The minimum absolute atomic E-state index is 0.179. The van der Waals surface area contributed by atoms with E-state index in [1.54, 1.807) is 54.0 Å². The fourth-order valence-electron chi connectivity index (χ4n) is 5.04. The van der Waals surface area contributed by atoms with E-state index in [0.717, 1.165) is 11.1 Å². The van der Waals surface area contributed by atoms with Gasteiger partial charge in [0.05, 0.1) is 53.3 Å². The van der Waals surface area contributed by atoms with Gasteiger partial charge in [0.2, 0.25) is 0 Å². The summed E-state index contributed by atoms with van der Waals surface area (Å²) in [6, 6.07) is 19.0. The lowest BCUT2D eigenvalue weighted by atomic mass is 9.95. The smallest absolute Gasteiger partial charge is 0.338 e. The summed E-state index contributed by atoms with van der Waals surface area (Å²) < 4.78 is 23.7. The zero-order valence-corrected chi connectivity index (χ0v) is 26.7. The Balaban J connectivity index is 1.50. The Morgan fingerprint density at radius 2 is 1.76 bits per heavy atom. The minimum atomic E-state index is -0.688. The standard InChI is InChI=1S/C34H31ClN2O7S/c1-5-25-28(33(40)42-4)29(22-10-8-7-9-11-22)37-31(38)27(45-34(37)36-25)18-21-16-24(35)30(26(17-21)41-3)44-19-20-12-14-23(15-13-20)32(39)43-6-2/h7-18,29H,5-6,19H2,1-4H3/b27-18+/t29-/m1/s1. The first-order valence-corrected chi connectivity index (χ1v) is 15.4. The van der Waals surface area contributed by atoms with Crippen molar-refractivity contribution in [3.05, 3.63) is 125 Å². The topological polar surface area (TPSA) is 105 Å². The summed E-state index contributed by atoms with van der Waals surface area (Å²) in [7, 11) is 2.83. The summed E-state index contributed by atoms with van der Waals surface area (Å²) in [4.78, 5) is 44.0. The number of fused-ring (bicyclic) bond motifs is 1. The van der Waals surface area contributed by atoms with Crippen LogP contribution in [0.5, 0.6) is 11.5 Å². The fourth-order valence-corrected chi connectivity index (χ4v) is 6.33. The van der Waals surface area contributed by atoms with Crippen LogP contribution in [0.1, 0.15) is 53.4 Å². The molecule has 1 aromatic heterocycles. The molecule has 0 radical (unpaired) electrons. The normalized spacial score (nSPS) is 14.4. The molecule has 0 aliphatic carbocycles. The molecule has 1 atom stereocenters. The van der Waals surface area contributed by atoms with E-state index < -0.39 is 12.0 Å². The van der Waals surface area contributed by atoms with E-state index in [9.17, 15) is 14.4 Å². The van der Waals surface area contributed by atoms with Gasteiger partial charge in [-0.2, -0.15) is 0 Å². The van der Waals surface area contributed by atoms with Gasteiger partial charge < -0.3 is 18.9 Å². The number of rotatable bonds is 10. The Labute approximate surface area is 268 Å². The van der Waals surface area contributed by atoms with E-state index in [-0.39, 0.29) is 18.1 Å². The number of allylic oxidation sites excluding steroid dienone is 1. The van der Waals surface area contributed by atoms with Crippen molar-refractivity contribution in [3.8, 4) is 11.5 Å². The monoisotopic (exact) mass is 646 g/mol. The summed E-state index contributed by atoms with van der Waals surface area (Å²) in [5.74, 6) is -0.191. The van der Waals surface area contributed by atoms with Gasteiger partial charge in [-0.15, -0.1) is 0 Å². The number of hydrogen-bond acceptors (Lipinski definition) is 9. The van der Waals surface area contributed by atoms with Gasteiger partial charge in [-0.05, 0) is 60.4 Å². The van der Waals surface area contributed by atoms with Crippen LogP contribution in [-0.4, -0.2) is 37.3 Å². The van der Waals surface area contributed by atoms with Gasteiger partial charge in [-0.25, -0.2) is 14.6 Å². The van der Waals surface area contributed by atoms with Crippen LogP contribution in [0.4, 0.5) is 0 Å². The molecular weight excluding hydrogens is 616 g/mol. The molecular formula is C34H31ClN2O7S. The zero-order valence-electron chi connectivity index (χ0n) is 25.2. The van der Waals surface area contributed by atoms with E-state index in [1.807, 2.05) is 37.3 Å². The largest absolute Gasteiger partial charge is 0.493 e. The lowest BCUT2D eigenvalue weighted by Gasteiger charge is -2.25. The van der Waals surface area contributed by atoms with Crippen molar-refractivity contribution >= 4 is 41.0 Å². The van der Waals surface area contributed by atoms with Gasteiger partial charge in [0, 0.05) is 0 Å². The first kappa shape index (κ1) is 31.7. The third-order valence-electron chi connectivity index (χ3n) is 7.16. The van der Waals surface area contributed by atoms with E-state index in [4.69, 9.17) is 35.5 Å². The van der Waals surface area contributed by atoms with Crippen molar-refractivity contribution in [2.75, 3.05) is 20.8 Å². The third kappa shape index (κ3) is 6.57. The van der Waals surface area contributed by atoms with E-state index in [2.05, 4.69) is 0 Å². The molecule has 232 valence electrons. The van der Waals surface area contributed by atoms with Crippen LogP contribution in [-0.2, 0) is 20.9 Å². The first-order chi connectivity index (χ1) is 21.8. The van der Waals surface area contributed by atoms with Gasteiger partial charge in [0.15, 0.2) is 16.3 Å². The molecule has 9 nitrogen and oxygen atoms in total. The second kappa shape index (κ2) is 14.0. The number of hydrogen-bond donors (Lipinski definition) is 0. The van der Waals surface area contributed by atoms with Crippen LogP contribution in [0.2, 0.25) is 5.02 Å². The number of esters is 2. The molecule has 1 aliphatic heterocycles. The molecule has 0 saturated heterocycles. The van der Waals surface area contributed by atoms with Gasteiger partial charge >= 0.3 is 11.9 Å². The number of aromatic nitrogens is 1. The fraction of sp³-hybridized carbons (Fsp3) is 0.235. The number of methoxy groups -OCH3 is 2. The zero-order chi connectivity index (χ0) is 32.1. The maximum Gasteiger partial charge on any atom is 0.338 e. The highest BCUT2D eigenvalue weighted by molar-refractivity contribution is 7.07. The van der Waals surface area contributed by atoms with Gasteiger partial charge in [-0.1, -0.05) is 72.3 Å². The van der Waals surface area contributed by atoms with E-state index in [0.29, 0.717) is 61.3 Å². The van der Waals surface area contributed by atoms with Crippen LogP contribution < -0.4 is 24.4 Å². The molecule has 2 heterocycles. The number of benzene rings is 3. The van der Waals surface area contributed by atoms with Crippen molar-refractivity contribution in [1.29, 1.82) is 0 Å². The lowest BCUT2D eigenvalue weighted by Crippen LogP contribution is -2.40.